The van der Waals surface area contributed by atoms with Gasteiger partial charge in [0.05, 0.1) is 31.2 Å². The topological polar surface area (TPSA) is 49.9 Å². The lowest BCUT2D eigenvalue weighted by Gasteiger charge is -2.36. The number of amides is 2. The van der Waals surface area contributed by atoms with Gasteiger partial charge < -0.3 is 14.5 Å². The molecule has 0 unspecified atom stereocenters. The number of hydrogen-bond acceptors (Lipinski definition) is 3. The number of hydrogen-bond donors (Lipinski definition) is 0. The van der Waals surface area contributed by atoms with Gasteiger partial charge in [-0.25, -0.2) is 4.39 Å². The standard InChI is InChI=1S/C17H19FN2O3/c18-12-1-3-13(4-2-12)19-8-11(7-16(19)21)17(22)20-14-5-6-15(20)10-23-9-14/h1-4,11,14-15H,5-10H2/t11-,14-,15+/m1/s1. The molecule has 23 heavy (non-hydrogen) atoms. The van der Waals surface area contributed by atoms with Crippen LogP contribution >= 0.6 is 0 Å². The van der Waals surface area contributed by atoms with Crippen molar-refractivity contribution in [1.29, 1.82) is 0 Å². The van der Waals surface area contributed by atoms with E-state index in [9.17, 15) is 14.0 Å². The molecular formula is C17H19FN2O3. The number of anilines is 1. The average Bonchev–Trinajstić information content (AvgIpc) is 3.05. The second-order valence-electron chi connectivity index (χ2n) is 6.55. The highest BCUT2D eigenvalue weighted by Gasteiger charge is 2.45. The molecule has 2 bridgehead atoms. The zero-order valence-electron chi connectivity index (χ0n) is 12.8. The molecule has 3 heterocycles. The van der Waals surface area contributed by atoms with E-state index in [2.05, 4.69) is 0 Å². The predicted octanol–water partition coefficient (Wildman–Crippen LogP) is 1.57. The van der Waals surface area contributed by atoms with Crippen molar-refractivity contribution < 1.29 is 18.7 Å². The first-order valence-electron chi connectivity index (χ1n) is 8.09. The Bertz CT molecular complexity index is 617. The number of halogens is 1. The van der Waals surface area contributed by atoms with Crippen LogP contribution in [0.1, 0.15) is 19.3 Å². The Balaban J connectivity index is 1.50. The van der Waals surface area contributed by atoms with Gasteiger partial charge in [-0.2, -0.15) is 0 Å². The largest absolute Gasteiger partial charge is 0.377 e. The maximum atomic E-state index is 13.0. The van der Waals surface area contributed by atoms with Crippen molar-refractivity contribution in [2.45, 2.75) is 31.3 Å². The summed E-state index contributed by atoms with van der Waals surface area (Å²) >= 11 is 0. The third kappa shape index (κ3) is 2.51. The van der Waals surface area contributed by atoms with E-state index in [1.165, 1.54) is 12.1 Å². The molecule has 3 fully saturated rings. The molecule has 0 spiro atoms. The normalized spacial score (nSPS) is 30.1. The molecule has 4 rings (SSSR count). The highest BCUT2D eigenvalue weighted by molar-refractivity contribution is 6.00. The van der Waals surface area contributed by atoms with Gasteiger partial charge in [0.25, 0.3) is 0 Å². The SMILES string of the molecule is O=C1C[C@@H](C(=O)N2[C@@H]3CC[C@H]2COC3)CN1c1ccc(F)cc1. The molecule has 0 N–H and O–H groups in total. The minimum absolute atomic E-state index is 0.0683. The molecule has 3 aliphatic heterocycles. The number of nitrogens with zero attached hydrogens (tertiary/aromatic N) is 2. The number of carbonyl (C=O) groups is 2. The van der Waals surface area contributed by atoms with Crippen molar-refractivity contribution in [2.24, 2.45) is 5.92 Å². The Labute approximate surface area is 134 Å². The Morgan fingerprint density at radius 3 is 2.43 bits per heavy atom. The van der Waals surface area contributed by atoms with Crippen LogP contribution in [-0.4, -0.2) is 48.6 Å². The second-order valence-corrected chi connectivity index (χ2v) is 6.55. The van der Waals surface area contributed by atoms with Crippen molar-refractivity contribution in [3.8, 4) is 0 Å². The smallest absolute Gasteiger partial charge is 0.228 e. The summed E-state index contributed by atoms with van der Waals surface area (Å²) < 4.78 is 18.6. The minimum Gasteiger partial charge on any atom is -0.377 e. The number of fused-ring (bicyclic) bond motifs is 2. The summed E-state index contributed by atoms with van der Waals surface area (Å²) in [4.78, 5) is 28.7. The summed E-state index contributed by atoms with van der Waals surface area (Å²) in [6.45, 7) is 1.58. The van der Waals surface area contributed by atoms with Crippen molar-refractivity contribution in [1.82, 2.24) is 4.90 Å². The van der Waals surface area contributed by atoms with E-state index in [4.69, 9.17) is 4.74 Å². The van der Waals surface area contributed by atoms with Gasteiger partial charge in [0, 0.05) is 18.7 Å². The molecule has 3 atom stereocenters. The zero-order chi connectivity index (χ0) is 16.0. The van der Waals surface area contributed by atoms with E-state index >= 15 is 0 Å². The first-order valence-corrected chi connectivity index (χ1v) is 8.09. The molecule has 122 valence electrons. The summed E-state index contributed by atoms with van der Waals surface area (Å²) in [5, 5.41) is 0. The fraction of sp³-hybridized carbons (Fsp3) is 0.529. The Hall–Kier alpha value is -1.95. The summed E-state index contributed by atoms with van der Waals surface area (Å²) in [6.07, 6.45) is 2.20. The van der Waals surface area contributed by atoms with Gasteiger partial charge in [0.2, 0.25) is 11.8 Å². The third-order valence-corrected chi connectivity index (χ3v) is 5.11. The zero-order valence-corrected chi connectivity index (χ0v) is 12.8. The quantitative estimate of drug-likeness (QED) is 0.832. The predicted molar refractivity (Wildman–Crippen MR) is 81.3 cm³/mol. The Morgan fingerprint density at radius 2 is 1.78 bits per heavy atom. The van der Waals surface area contributed by atoms with E-state index in [0.29, 0.717) is 25.4 Å². The number of carbonyl (C=O) groups excluding carboxylic acids is 2. The monoisotopic (exact) mass is 318 g/mol. The van der Waals surface area contributed by atoms with Crippen LogP contribution in [0.3, 0.4) is 0 Å². The van der Waals surface area contributed by atoms with Gasteiger partial charge in [0.15, 0.2) is 0 Å². The van der Waals surface area contributed by atoms with Gasteiger partial charge in [-0.1, -0.05) is 0 Å². The fourth-order valence-corrected chi connectivity index (χ4v) is 3.94. The molecule has 2 amide bonds. The summed E-state index contributed by atoms with van der Waals surface area (Å²) in [5.41, 5.74) is 0.650. The third-order valence-electron chi connectivity index (χ3n) is 5.11. The number of rotatable bonds is 2. The first kappa shape index (κ1) is 14.6. The second kappa shape index (κ2) is 5.60. The molecule has 0 aromatic heterocycles. The van der Waals surface area contributed by atoms with Gasteiger partial charge in [0.1, 0.15) is 5.82 Å². The van der Waals surface area contributed by atoms with Crippen LogP contribution in [-0.2, 0) is 14.3 Å². The summed E-state index contributed by atoms with van der Waals surface area (Å²) in [5.74, 6) is -0.652. The van der Waals surface area contributed by atoms with E-state index < -0.39 is 0 Å². The highest BCUT2D eigenvalue weighted by Crippen LogP contribution is 2.33. The van der Waals surface area contributed by atoms with Crippen LogP contribution in [0.15, 0.2) is 24.3 Å². The number of morpholine rings is 1. The lowest BCUT2D eigenvalue weighted by Crippen LogP contribution is -2.51. The summed E-state index contributed by atoms with van der Waals surface area (Å²) in [6, 6.07) is 6.16. The van der Waals surface area contributed by atoms with Crippen molar-refractivity contribution in [3.63, 3.8) is 0 Å². The van der Waals surface area contributed by atoms with Crippen LogP contribution in [0.5, 0.6) is 0 Å². The molecule has 3 saturated heterocycles. The maximum absolute atomic E-state index is 13.0. The van der Waals surface area contributed by atoms with Crippen LogP contribution in [0.4, 0.5) is 10.1 Å². The van der Waals surface area contributed by atoms with Gasteiger partial charge >= 0.3 is 0 Å². The molecule has 1 aromatic rings. The molecule has 1 aromatic carbocycles. The molecular weight excluding hydrogens is 299 g/mol. The molecule has 0 aliphatic carbocycles. The van der Waals surface area contributed by atoms with Crippen LogP contribution in [0, 0.1) is 11.7 Å². The van der Waals surface area contributed by atoms with Gasteiger partial charge in [-0.15, -0.1) is 0 Å². The number of ether oxygens (including phenoxy) is 1. The molecule has 0 saturated carbocycles. The first-order chi connectivity index (χ1) is 11.1. The lowest BCUT2D eigenvalue weighted by atomic mass is 10.1. The van der Waals surface area contributed by atoms with Crippen molar-refractivity contribution in [3.05, 3.63) is 30.1 Å². The maximum Gasteiger partial charge on any atom is 0.228 e. The molecule has 3 aliphatic rings. The van der Waals surface area contributed by atoms with E-state index in [-0.39, 0.29) is 42.1 Å². The lowest BCUT2D eigenvalue weighted by molar-refractivity contribution is -0.145. The van der Waals surface area contributed by atoms with Crippen LogP contribution < -0.4 is 4.90 Å². The van der Waals surface area contributed by atoms with E-state index in [0.717, 1.165) is 12.8 Å². The Kier molecular flexibility index (Phi) is 3.56. The molecule has 6 heteroatoms. The molecule has 0 radical (unpaired) electrons. The minimum atomic E-state index is -0.335. The fourth-order valence-electron chi connectivity index (χ4n) is 3.94. The van der Waals surface area contributed by atoms with Crippen molar-refractivity contribution >= 4 is 17.5 Å². The van der Waals surface area contributed by atoms with Gasteiger partial charge in [-0.05, 0) is 37.1 Å². The average molecular weight is 318 g/mol. The number of benzene rings is 1. The van der Waals surface area contributed by atoms with Crippen LogP contribution in [0.2, 0.25) is 0 Å². The van der Waals surface area contributed by atoms with Crippen LogP contribution in [0.25, 0.3) is 0 Å². The van der Waals surface area contributed by atoms with Crippen molar-refractivity contribution in [2.75, 3.05) is 24.7 Å². The summed E-state index contributed by atoms with van der Waals surface area (Å²) in [7, 11) is 0. The molecule has 5 nitrogen and oxygen atoms in total. The Morgan fingerprint density at radius 1 is 1.13 bits per heavy atom. The highest BCUT2D eigenvalue weighted by atomic mass is 19.1. The van der Waals surface area contributed by atoms with Gasteiger partial charge in [-0.3, -0.25) is 9.59 Å². The van der Waals surface area contributed by atoms with E-state index in [1.54, 1.807) is 17.0 Å². The van der Waals surface area contributed by atoms with E-state index in [1.807, 2.05) is 4.90 Å².